The number of nitrogens with two attached hydrogens (primary N) is 1. The molecule has 1 unspecified atom stereocenters. The van der Waals surface area contributed by atoms with Crippen molar-refractivity contribution in [2.45, 2.75) is 13.0 Å². The fraction of sp³-hybridized carbons (Fsp3) is 0.154. The van der Waals surface area contributed by atoms with Crippen molar-refractivity contribution >= 4 is 11.6 Å². The molecular formula is C13H13ClFN3. The van der Waals surface area contributed by atoms with E-state index >= 15 is 0 Å². The number of hydrogen-bond donors (Lipinski definition) is 2. The van der Waals surface area contributed by atoms with Crippen molar-refractivity contribution in [3.8, 4) is 0 Å². The van der Waals surface area contributed by atoms with E-state index < -0.39 is 6.04 Å². The van der Waals surface area contributed by atoms with Crippen LogP contribution in [-0.4, -0.2) is 4.98 Å². The van der Waals surface area contributed by atoms with Crippen LogP contribution in [0.3, 0.4) is 0 Å². The second kappa shape index (κ2) is 5.44. The number of benzene rings is 1. The number of rotatable bonds is 3. The van der Waals surface area contributed by atoms with Crippen LogP contribution in [0, 0.1) is 12.7 Å². The number of aryl methyl sites for hydroxylation is 1. The van der Waals surface area contributed by atoms with Crippen LogP contribution >= 0.6 is 11.6 Å². The molecule has 5 heteroatoms. The van der Waals surface area contributed by atoms with Crippen LogP contribution < -0.4 is 11.3 Å². The smallest absolute Gasteiger partial charge is 0.123 e. The van der Waals surface area contributed by atoms with E-state index in [1.165, 1.54) is 18.2 Å². The summed E-state index contributed by atoms with van der Waals surface area (Å²) in [5.74, 6) is 5.18. The lowest BCUT2D eigenvalue weighted by atomic mass is 10.0. The largest absolute Gasteiger partial charge is 0.271 e. The Balaban J connectivity index is 2.48. The molecule has 0 amide bonds. The highest BCUT2D eigenvalue weighted by molar-refractivity contribution is 6.31. The Bertz CT molecular complexity index is 560. The lowest BCUT2D eigenvalue weighted by molar-refractivity contribution is 0.597. The normalized spacial score (nSPS) is 12.4. The number of aromatic nitrogens is 1. The highest BCUT2D eigenvalue weighted by Gasteiger charge is 2.17. The molecule has 3 nitrogen and oxygen atoms in total. The zero-order valence-electron chi connectivity index (χ0n) is 9.82. The van der Waals surface area contributed by atoms with E-state index in [-0.39, 0.29) is 5.82 Å². The molecule has 1 atom stereocenters. The predicted octanol–water partition coefficient (Wildman–Crippen LogP) is 2.74. The van der Waals surface area contributed by atoms with Gasteiger partial charge in [0.25, 0.3) is 0 Å². The molecule has 0 saturated carbocycles. The van der Waals surface area contributed by atoms with Crippen molar-refractivity contribution in [3.05, 3.63) is 64.2 Å². The van der Waals surface area contributed by atoms with Crippen LogP contribution in [0.15, 0.2) is 36.4 Å². The van der Waals surface area contributed by atoms with Crippen molar-refractivity contribution in [1.82, 2.24) is 10.4 Å². The summed E-state index contributed by atoms with van der Waals surface area (Å²) in [6, 6.07) is 9.30. The maximum absolute atomic E-state index is 13.3. The van der Waals surface area contributed by atoms with Gasteiger partial charge in [-0.3, -0.25) is 10.8 Å². The summed E-state index contributed by atoms with van der Waals surface area (Å²) in [4.78, 5) is 4.37. The first kappa shape index (κ1) is 13.0. The standard InChI is InChI=1S/C13H13ClFN3/c1-8-3-2-4-12(17-8)13(18-16)10-7-9(15)5-6-11(10)14/h2-7,13,18H,16H2,1H3. The van der Waals surface area contributed by atoms with Crippen LogP contribution in [-0.2, 0) is 0 Å². The summed E-state index contributed by atoms with van der Waals surface area (Å²) in [5.41, 5.74) is 4.74. The van der Waals surface area contributed by atoms with E-state index in [9.17, 15) is 4.39 Å². The molecule has 0 aliphatic heterocycles. The molecule has 0 bridgehead atoms. The first-order valence-corrected chi connectivity index (χ1v) is 5.84. The highest BCUT2D eigenvalue weighted by Crippen LogP contribution is 2.27. The Morgan fingerprint density at radius 3 is 2.78 bits per heavy atom. The van der Waals surface area contributed by atoms with Gasteiger partial charge in [0.15, 0.2) is 0 Å². The molecule has 0 fully saturated rings. The van der Waals surface area contributed by atoms with E-state index in [1.807, 2.05) is 25.1 Å². The van der Waals surface area contributed by atoms with Gasteiger partial charge in [0.1, 0.15) is 5.82 Å². The van der Waals surface area contributed by atoms with Gasteiger partial charge in [-0.05, 0) is 42.8 Å². The van der Waals surface area contributed by atoms with Crippen molar-refractivity contribution in [2.75, 3.05) is 0 Å². The van der Waals surface area contributed by atoms with Crippen LogP contribution in [0.4, 0.5) is 4.39 Å². The van der Waals surface area contributed by atoms with Gasteiger partial charge in [-0.1, -0.05) is 17.7 Å². The van der Waals surface area contributed by atoms with Gasteiger partial charge >= 0.3 is 0 Å². The van der Waals surface area contributed by atoms with Crippen molar-refractivity contribution < 1.29 is 4.39 Å². The molecule has 1 aromatic heterocycles. The van der Waals surface area contributed by atoms with Gasteiger partial charge < -0.3 is 0 Å². The number of pyridine rings is 1. The molecule has 0 aliphatic rings. The third kappa shape index (κ3) is 2.67. The zero-order valence-corrected chi connectivity index (χ0v) is 10.6. The Hall–Kier alpha value is -1.49. The van der Waals surface area contributed by atoms with E-state index in [0.29, 0.717) is 16.3 Å². The van der Waals surface area contributed by atoms with E-state index in [1.54, 1.807) is 0 Å². The minimum absolute atomic E-state index is 0.359. The fourth-order valence-electron chi connectivity index (χ4n) is 1.80. The number of hydrogen-bond acceptors (Lipinski definition) is 3. The van der Waals surface area contributed by atoms with Crippen molar-refractivity contribution in [1.29, 1.82) is 0 Å². The van der Waals surface area contributed by atoms with Gasteiger partial charge in [-0.25, -0.2) is 9.82 Å². The fourth-order valence-corrected chi connectivity index (χ4v) is 2.02. The second-order valence-electron chi connectivity index (χ2n) is 3.97. The van der Waals surface area contributed by atoms with Gasteiger partial charge in [-0.2, -0.15) is 0 Å². The summed E-state index contributed by atoms with van der Waals surface area (Å²) >= 11 is 6.07. The lowest BCUT2D eigenvalue weighted by Gasteiger charge is -2.17. The highest BCUT2D eigenvalue weighted by atomic mass is 35.5. The van der Waals surface area contributed by atoms with Crippen molar-refractivity contribution in [2.24, 2.45) is 5.84 Å². The Morgan fingerprint density at radius 2 is 2.11 bits per heavy atom. The third-order valence-electron chi connectivity index (χ3n) is 2.64. The quantitative estimate of drug-likeness (QED) is 0.663. The number of nitrogens with zero attached hydrogens (tertiary/aromatic N) is 1. The number of nitrogens with one attached hydrogen (secondary N) is 1. The molecule has 1 heterocycles. The van der Waals surface area contributed by atoms with Crippen LogP contribution in [0.25, 0.3) is 0 Å². The van der Waals surface area contributed by atoms with E-state index in [2.05, 4.69) is 10.4 Å². The van der Waals surface area contributed by atoms with Crippen LogP contribution in [0.2, 0.25) is 5.02 Å². The third-order valence-corrected chi connectivity index (χ3v) is 2.99. The average molecular weight is 266 g/mol. The number of hydrazine groups is 1. The Labute approximate surface area is 110 Å². The molecule has 0 saturated heterocycles. The zero-order chi connectivity index (χ0) is 13.1. The maximum Gasteiger partial charge on any atom is 0.123 e. The predicted molar refractivity (Wildman–Crippen MR) is 69.6 cm³/mol. The SMILES string of the molecule is Cc1cccc(C(NN)c2cc(F)ccc2Cl)n1. The van der Waals surface area contributed by atoms with E-state index in [4.69, 9.17) is 17.4 Å². The first-order valence-electron chi connectivity index (χ1n) is 5.46. The minimum Gasteiger partial charge on any atom is -0.271 e. The Kier molecular flexibility index (Phi) is 3.91. The van der Waals surface area contributed by atoms with Crippen LogP contribution in [0.5, 0.6) is 0 Å². The number of halogens is 2. The maximum atomic E-state index is 13.3. The molecule has 0 radical (unpaired) electrons. The van der Waals surface area contributed by atoms with Crippen molar-refractivity contribution in [3.63, 3.8) is 0 Å². The molecular weight excluding hydrogens is 253 g/mol. The summed E-state index contributed by atoms with van der Waals surface area (Å²) in [6.07, 6.45) is 0. The van der Waals surface area contributed by atoms with Gasteiger partial charge in [0.05, 0.1) is 11.7 Å². The Morgan fingerprint density at radius 1 is 1.33 bits per heavy atom. The summed E-state index contributed by atoms with van der Waals surface area (Å²) in [7, 11) is 0. The van der Waals surface area contributed by atoms with Crippen LogP contribution in [0.1, 0.15) is 23.0 Å². The van der Waals surface area contributed by atoms with E-state index in [0.717, 1.165) is 5.69 Å². The monoisotopic (exact) mass is 265 g/mol. The molecule has 3 N–H and O–H groups in total. The molecule has 2 aromatic rings. The topological polar surface area (TPSA) is 50.9 Å². The molecule has 1 aromatic carbocycles. The summed E-state index contributed by atoms with van der Waals surface area (Å²) in [6.45, 7) is 1.88. The van der Waals surface area contributed by atoms with Gasteiger partial charge in [0, 0.05) is 10.7 Å². The second-order valence-corrected chi connectivity index (χ2v) is 4.38. The molecule has 18 heavy (non-hydrogen) atoms. The first-order chi connectivity index (χ1) is 8.61. The molecule has 0 aliphatic carbocycles. The van der Waals surface area contributed by atoms with Gasteiger partial charge in [0.2, 0.25) is 0 Å². The summed E-state index contributed by atoms with van der Waals surface area (Å²) < 4.78 is 13.3. The molecule has 94 valence electrons. The minimum atomic E-state index is -0.437. The molecule has 0 spiro atoms. The van der Waals surface area contributed by atoms with Gasteiger partial charge in [-0.15, -0.1) is 0 Å². The summed E-state index contributed by atoms with van der Waals surface area (Å²) in [5, 5.41) is 0.447. The average Bonchev–Trinajstić information content (AvgIpc) is 2.35. The molecule has 2 rings (SSSR count). The lowest BCUT2D eigenvalue weighted by Crippen LogP contribution is -2.30.